The number of amides is 1. The van der Waals surface area contributed by atoms with Crippen LogP contribution in [-0.4, -0.2) is 21.9 Å². The molecule has 5 nitrogen and oxygen atoms in total. The molecule has 1 atom stereocenters. The van der Waals surface area contributed by atoms with Gasteiger partial charge in [-0.25, -0.2) is 4.39 Å². The summed E-state index contributed by atoms with van der Waals surface area (Å²) in [7, 11) is 0. The Hall–Kier alpha value is -2.67. The third-order valence-corrected chi connectivity index (χ3v) is 4.88. The fourth-order valence-corrected chi connectivity index (χ4v) is 3.16. The summed E-state index contributed by atoms with van der Waals surface area (Å²) in [6.07, 6.45) is 0.636. The van der Waals surface area contributed by atoms with E-state index in [1.165, 1.54) is 23.4 Å². The van der Waals surface area contributed by atoms with E-state index in [-0.39, 0.29) is 29.9 Å². The van der Waals surface area contributed by atoms with Crippen molar-refractivity contribution in [2.75, 3.05) is 5.75 Å². The number of carbonyl (C=O) groups excluding carboxylic acids is 1. The normalized spacial score (nSPS) is 11.9. The first kappa shape index (κ1) is 19.1. The fraction of sp³-hybridized carbons (Fsp3) is 0.250. The highest BCUT2D eigenvalue weighted by Crippen LogP contribution is 2.22. The number of nitrogens with zero attached hydrogens (tertiary/aromatic N) is 2. The number of hydrogen-bond acceptors (Lipinski definition) is 5. The molecule has 1 aromatic heterocycles. The van der Waals surface area contributed by atoms with Gasteiger partial charge < -0.3 is 9.73 Å². The largest absolute Gasteiger partial charge is 0.416 e. The zero-order valence-corrected chi connectivity index (χ0v) is 15.7. The molecular weight excluding hydrogens is 365 g/mol. The maximum atomic E-state index is 13.5. The number of thioether (sulfide) groups is 1. The lowest BCUT2D eigenvalue weighted by molar-refractivity contribution is -0.118. The van der Waals surface area contributed by atoms with Crippen LogP contribution in [0.5, 0.6) is 0 Å². The first-order chi connectivity index (χ1) is 13.1. The van der Waals surface area contributed by atoms with E-state index >= 15 is 0 Å². The highest BCUT2D eigenvalue weighted by Gasteiger charge is 2.14. The monoisotopic (exact) mass is 385 g/mol. The maximum absolute atomic E-state index is 13.5. The van der Waals surface area contributed by atoms with Crippen molar-refractivity contribution in [3.05, 3.63) is 77.4 Å². The van der Waals surface area contributed by atoms with Gasteiger partial charge in [0.25, 0.3) is 5.22 Å². The summed E-state index contributed by atoms with van der Waals surface area (Å²) < 4.78 is 19.1. The number of nitrogens with one attached hydrogen (secondary N) is 1. The number of rotatable bonds is 8. The predicted octanol–water partition coefficient (Wildman–Crippen LogP) is 3.96. The van der Waals surface area contributed by atoms with E-state index in [0.29, 0.717) is 23.1 Å². The van der Waals surface area contributed by atoms with Gasteiger partial charge in [0.2, 0.25) is 11.8 Å². The van der Waals surface area contributed by atoms with Crippen molar-refractivity contribution < 1.29 is 13.6 Å². The van der Waals surface area contributed by atoms with Crippen LogP contribution in [0.4, 0.5) is 4.39 Å². The predicted molar refractivity (Wildman–Crippen MR) is 102 cm³/mol. The molecule has 0 saturated carbocycles. The number of aromatic nitrogens is 2. The highest BCUT2D eigenvalue weighted by atomic mass is 32.2. The van der Waals surface area contributed by atoms with Crippen LogP contribution in [0.3, 0.4) is 0 Å². The Bertz CT molecular complexity index is 886. The van der Waals surface area contributed by atoms with E-state index in [4.69, 9.17) is 4.42 Å². The SMILES string of the molecule is CC(Cc1nnc(SCC(=O)NCc2ccccc2F)o1)c1ccccc1. The standard InChI is InChI=1S/C20H20FN3O2S/c1-14(15-7-3-2-4-8-15)11-19-23-24-20(26-19)27-13-18(25)22-12-16-9-5-6-10-17(16)21/h2-10,14H,11-13H2,1H3,(H,22,25). The minimum absolute atomic E-state index is 0.129. The third kappa shape index (κ3) is 5.65. The van der Waals surface area contributed by atoms with Gasteiger partial charge in [0.1, 0.15) is 5.82 Å². The van der Waals surface area contributed by atoms with Gasteiger partial charge in [0.15, 0.2) is 0 Å². The van der Waals surface area contributed by atoms with Crippen LogP contribution in [0, 0.1) is 5.82 Å². The fourth-order valence-electron chi connectivity index (χ4n) is 2.55. The third-order valence-electron chi connectivity index (χ3n) is 4.06. The summed E-state index contributed by atoms with van der Waals surface area (Å²) in [4.78, 5) is 11.9. The maximum Gasteiger partial charge on any atom is 0.277 e. The van der Waals surface area contributed by atoms with E-state index in [9.17, 15) is 9.18 Å². The molecule has 0 radical (unpaired) electrons. The zero-order valence-electron chi connectivity index (χ0n) is 14.9. The van der Waals surface area contributed by atoms with Gasteiger partial charge in [-0.15, -0.1) is 10.2 Å². The number of halogens is 1. The van der Waals surface area contributed by atoms with Crippen LogP contribution >= 0.6 is 11.8 Å². The Kier molecular flexibility index (Phi) is 6.59. The van der Waals surface area contributed by atoms with Crippen LogP contribution in [0.15, 0.2) is 64.2 Å². The summed E-state index contributed by atoms with van der Waals surface area (Å²) in [5.74, 6) is 0.374. The van der Waals surface area contributed by atoms with Crippen molar-refractivity contribution in [2.24, 2.45) is 0 Å². The van der Waals surface area contributed by atoms with Gasteiger partial charge in [-0.2, -0.15) is 0 Å². The van der Waals surface area contributed by atoms with Crippen LogP contribution < -0.4 is 5.32 Å². The van der Waals surface area contributed by atoms with Crippen molar-refractivity contribution >= 4 is 17.7 Å². The molecule has 0 spiro atoms. The summed E-state index contributed by atoms with van der Waals surface area (Å²) in [5.41, 5.74) is 1.66. The molecule has 140 valence electrons. The Morgan fingerprint density at radius 3 is 2.67 bits per heavy atom. The molecule has 0 aliphatic heterocycles. The average molecular weight is 385 g/mol. The Balaban J connectivity index is 1.45. The van der Waals surface area contributed by atoms with E-state index in [0.717, 1.165) is 0 Å². The molecule has 3 rings (SSSR count). The van der Waals surface area contributed by atoms with Gasteiger partial charge >= 0.3 is 0 Å². The second-order valence-electron chi connectivity index (χ2n) is 6.13. The number of carbonyl (C=O) groups is 1. The second-order valence-corrected chi connectivity index (χ2v) is 7.06. The molecular formula is C20H20FN3O2S. The van der Waals surface area contributed by atoms with E-state index < -0.39 is 0 Å². The summed E-state index contributed by atoms with van der Waals surface area (Å²) in [6.45, 7) is 2.25. The molecule has 2 aromatic carbocycles. The molecule has 0 aliphatic carbocycles. The molecule has 1 heterocycles. The molecule has 7 heteroatoms. The lowest BCUT2D eigenvalue weighted by Crippen LogP contribution is -2.25. The van der Waals surface area contributed by atoms with Crippen LogP contribution in [0.25, 0.3) is 0 Å². The number of hydrogen-bond donors (Lipinski definition) is 1. The molecule has 0 fully saturated rings. The minimum Gasteiger partial charge on any atom is -0.416 e. The molecule has 1 amide bonds. The zero-order chi connectivity index (χ0) is 19.1. The molecule has 0 aliphatic rings. The molecule has 1 unspecified atom stereocenters. The van der Waals surface area contributed by atoms with Gasteiger partial charge in [-0.05, 0) is 17.5 Å². The van der Waals surface area contributed by atoms with E-state index in [2.05, 4.69) is 34.6 Å². The molecule has 1 N–H and O–H groups in total. The Morgan fingerprint density at radius 2 is 1.89 bits per heavy atom. The smallest absolute Gasteiger partial charge is 0.277 e. The topological polar surface area (TPSA) is 68.0 Å². The average Bonchev–Trinajstić information content (AvgIpc) is 3.13. The first-order valence-corrected chi connectivity index (χ1v) is 9.60. The van der Waals surface area contributed by atoms with Crippen molar-refractivity contribution in [3.63, 3.8) is 0 Å². The van der Waals surface area contributed by atoms with Crippen molar-refractivity contribution in [1.29, 1.82) is 0 Å². The van der Waals surface area contributed by atoms with E-state index in [1.807, 2.05) is 18.2 Å². The molecule has 3 aromatic rings. The van der Waals surface area contributed by atoms with Gasteiger partial charge in [-0.1, -0.05) is 67.2 Å². The lowest BCUT2D eigenvalue weighted by atomic mass is 9.98. The molecule has 0 bridgehead atoms. The van der Waals surface area contributed by atoms with E-state index in [1.54, 1.807) is 18.2 Å². The van der Waals surface area contributed by atoms with Gasteiger partial charge in [0, 0.05) is 18.5 Å². The van der Waals surface area contributed by atoms with Crippen molar-refractivity contribution in [3.8, 4) is 0 Å². The quantitative estimate of drug-likeness (QED) is 0.595. The van der Waals surface area contributed by atoms with Crippen LogP contribution in [-0.2, 0) is 17.8 Å². The molecule has 27 heavy (non-hydrogen) atoms. The summed E-state index contributed by atoms with van der Waals surface area (Å²) in [6, 6.07) is 16.5. The van der Waals surface area contributed by atoms with Crippen LogP contribution in [0.2, 0.25) is 0 Å². The Morgan fingerprint density at radius 1 is 1.15 bits per heavy atom. The van der Waals surface area contributed by atoms with Crippen molar-refractivity contribution in [2.45, 2.75) is 31.0 Å². The summed E-state index contributed by atoms with van der Waals surface area (Å²) >= 11 is 1.17. The second kappa shape index (κ2) is 9.32. The first-order valence-electron chi connectivity index (χ1n) is 8.62. The van der Waals surface area contributed by atoms with Crippen LogP contribution in [0.1, 0.15) is 29.9 Å². The van der Waals surface area contributed by atoms with Gasteiger partial charge in [-0.3, -0.25) is 4.79 Å². The highest BCUT2D eigenvalue weighted by molar-refractivity contribution is 7.99. The lowest BCUT2D eigenvalue weighted by Gasteiger charge is -2.08. The molecule has 0 saturated heterocycles. The Labute approximate surface area is 161 Å². The van der Waals surface area contributed by atoms with Crippen molar-refractivity contribution in [1.82, 2.24) is 15.5 Å². The summed E-state index contributed by atoms with van der Waals surface area (Å²) in [5, 5.41) is 11.1. The van der Waals surface area contributed by atoms with Gasteiger partial charge in [0.05, 0.1) is 5.75 Å². The number of benzene rings is 2. The minimum atomic E-state index is -0.334.